The summed E-state index contributed by atoms with van der Waals surface area (Å²) in [5, 5.41) is 7.19. The van der Waals surface area contributed by atoms with Crippen molar-refractivity contribution in [2.75, 3.05) is 23.3 Å². The molecule has 2 aromatic carbocycles. The number of halogens is 1. The maximum absolute atomic E-state index is 5.43. The van der Waals surface area contributed by atoms with E-state index in [2.05, 4.69) is 88.6 Å². The van der Waals surface area contributed by atoms with Gasteiger partial charge in [0.2, 0.25) is 0 Å². The van der Waals surface area contributed by atoms with Gasteiger partial charge in [0.05, 0.1) is 6.04 Å². The molecule has 0 aliphatic rings. The first-order chi connectivity index (χ1) is 11.5. The maximum Gasteiger partial charge on any atom is 0.171 e. The largest absolute Gasteiger partial charge is 0.372 e. The van der Waals surface area contributed by atoms with Crippen LogP contribution in [-0.2, 0) is 0 Å². The van der Waals surface area contributed by atoms with Gasteiger partial charge in [-0.3, -0.25) is 0 Å². The van der Waals surface area contributed by atoms with E-state index in [1.165, 1.54) is 11.3 Å². The fraction of sp³-hybridized carbons (Fsp3) is 0.316. The number of thiocarbonyl (C=S) groups is 1. The Kier molecular flexibility index (Phi) is 7.06. The van der Waals surface area contributed by atoms with Crippen molar-refractivity contribution in [1.29, 1.82) is 0 Å². The van der Waals surface area contributed by atoms with Crippen LogP contribution in [0.1, 0.15) is 32.4 Å². The molecule has 128 valence electrons. The Bertz CT molecular complexity index is 651. The van der Waals surface area contributed by atoms with E-state index in [0.29, 0.717) is 5.11 Å². The minimum Gasteiger partial charge on any atom is -0.372 e. The predicted octanol–water partition coefficient (Wildman–Crippen LogP) is 5.34. The Hall–Kier alpha value is -1.59. The van der Waals surface area contributed by atoms with Crippen molar-refractivity contribution in [1.82, 2.24) is 5.32 Å². The van der Waals surface area contributed by atoms with Crippen LogP contribution in [0, 0.1) is 0 Å². The van der Waals surface area contributed by atoms with Gasteiger partial charge in [0.25, 0.3) is 0 Å². The second-order valence-electron chi connectivity index (χ2n) is 5.59. The van der Waals surface area contributed by atoms with E-state index in [1.54, 1.807) is 0 Å². The average molecular weight is 406 g/mol. The normalized spacial score (nSPS) is 11.7. The first kappa shape index (κ1) is 18.7. The molecule has 2 N–H and O–H groups in total. The van der Waals surface area contributed by atoms with Gasteiger partial charge in [0, 0.05) is 28.9 Å². The van der Waals surface area contributed by atoms with E-state index in [9.17, 15) is 0 Å². The van der Waals surface area contributed by atoms with E-state index in [4.69, 9.17) is 12.2 Å². The van der Waals surface area contributed by atoms with Crippen molar-refractivity contribution in [3.05, 3.63) is 58.6 Å². The molecule has 0 saturated carbocycles. The Balaban J connectivity index is 1.93. The number of nitrogens with one attached hydrogen (secondary N) is 2. The van der Waals surface area contributed by atoms with E-state index in [0.717, 1.165) is 23.2 Å². The van der Waals surface area contributed by atoms with Gasteiger partial charge in [-0.25, -0.2) is 0 Å². The van der Waals surface area contributed by atoms with E-state index in [-0.39, 0.29) is 6.04 Å². The smallest absolute Gasteiger partial charge is 0.171 e. The van der Waals surface area contributed by atoms with Gasteiger partial charge >= 0.3 is 0 Å². The molecule has 1 unspecified atom stereocenters. The SMILES string of the molecule is CCN(CC)c1ccc(NC(=S)NC(C)c2ccc(Br)cc2)cc1. The zero-order valence-corrected chi connectivity index (χ0v) is 16.7. The molecule has 5 heteroatoms. The molecule has 3 nitrogen and oxygen atoms in total. The molecule has 2 rings (SSSR count). The Morgan fingerprint density at radius 2 is 1.62 bits per heavy atom. The molecule has 0 aliphatic heterocycles. The molecule has 0 bridgehead atoms. The van der Waals surface area contributed by atoms with E-state index in [1.807, 2.05) is 12.1 Å². The highest BCUT2D eigenvalue weighted by atomic mass is 79.9. The summed E-state index contributed by atoms with van der Waals surface area (Å²) < 4.78 is 1.08. The lowest BCUT2D eigenvalue weighted by Gasteiger charge is -2.21. The summed E-state index contributed by atoms with van der Waals surface area (Å²) in [6.45, 7) is 8.44. The Labute approximate surface area is 158 Å². The highest BCUT2D eigenvalue weighted by Crippen LogP contribution is 2.19. The quantitative estimate of drug-likeness (QED) is 0.633. The summed E-state index contributed by atoms with van der Waals surface area (Å²) in [5.74, 6) is 0. The van der Waals surface area contributed by atoms with Crippen LogP contribution < -0.4 is 15.5 Å². The van der Waals surface area contributed by atoms with Gasteiger partial charge in [-0.15, -0.1) is 0 Å². The van der Waals surface area contributed by atoms with E-state index < -0.39 is 0 Å². The molecule has 24 heavy (non-hydrogen) atoms. The summed E-state index contributed by atoms with van der Waals surface area (Å²) in [6.07, 6.45) is 0. The fourth-order valence-corrected chi connectivity index (χ4v) is 3.10. The molecule has 2 aromatic rings. The molecule has 1 atom stereocenters. The minimum absolute atomic E-state index is 0.146. The van der Waals surface area contributed by atoms with Gasteiger partial charge in [0.1, 0.15) is 0 Å². The highest BCUT2D eigenvalue weighted by molar-refractivity contribution is 9.10. The van der Waals surface area contributed by atoms with Gasteiger partial charge < -0.3 is 15.5 Å². The van der Waals surface area contributed by atoms with Crippen molar-refractivity contribution in [3.8, 4) is 0 Å². The number of hydrogen-bond acceptors (Lipinski definition) is 2. The second-order valence-corrected chi connectivity index (χ2v) is 6.91. The first-order valence-corrected chi connectivity index (χ1v) is 9.41. The van der Waals surface area contributed by atoms with Gasteiger partial charge in [-0.1, -0.05) is 28.1 Å². The van der Waals surface area contributed by atoms with Crippen LogP contribution in [0.4, 0.5) is 11.4 Å². The summed E-state index contributed by atoms with van der Waals surface area (Å²) >= 11 is 8.88. The fourth-order valence-electron chi connectivity index (χ4n) is 2.54. The number of benzene rings is 2. The van der Waals surface area contributed by atoms with Crippen molar-refractivity contribution < 1.29 is 0 Å². The van der Waals surface area contributed by atoms with Crippen molar-refractivity contribution in [2.45, 2.75) is 26.8 Å². The van der Waals surface area contributed by atoms with Crippen molar-refractivity contribution >= 4 is 44.6 Å². The van der Waals surface area contributed by atoms with Gasteiger partial charge in [0.15, 0.2) is 5.11 Å². The third-order valence-corrected chi connectivity index (χ3v) is 4.72. The monoisotopic (exact) mass is 405 g/mol. The highest BCUT2D eigenvalue weighted by Gasteiger charge is 2.07. The van der Waals surface area contributed by atoms with Crippen molar-refractivity contribution in [3.63, 3.8) is 0 Å². The molecule has 0 spiro atoms. The molecule has 0 heterocycles. The third-order valence-electron chi connectivity index (χ3n) is 3.97. The first-order valence-electron chi connectivity index (χ1n) is 8.21. The zero-order valence-electron chi connectivity index (χ0n) is 14.3. The molecule has 0 aromatic heterocycles. The molecule has 0 radical (unpaired) electrons. The Morgan fingerprint density at radius 1 is 1.04 bits per heavy atom. The van der Waals surface area contributed by atoms with E-state index >= 15 is 0 Å². The van der Waals surface area contributed by atoms with Gasteiger partial charge in [-0.2, -0.15) is 0 Å². The molecule has 0 saturated heterocycles. The molecular formula is C19H24BrN3S. The molecule has 0 amide bonds. The standard InChI is InChI=1S/C19H24BrN3S/c1-4-23(5-2)18-12-10-17(11-13-18)22-19(24)21-14(3)15-6-8-16(20)9-7-15/h6-14H,4-5H2,1-3H3,(H2,21,22,24). The van der Waals surface area contributed by atoms with Crippen LogP contribution in [-0.4, -0.2) is 18.2 Å². The minimum atomic E-state index is 0.146. The van der Waals surface area contributed by atoms with Crippen LogP contribution in [0.5, 0.6) is 0 Å². The lowest BCUT2D eigenvalue weighted by Crippen LogP contribution is -2.30. The summed E-state index contributed by atoms with van der Waals surface area (Å²) in [6, 6.07) is 16.8. The number of hydrogen-bond donors (Lipinski definition) is 2. The van der Waals surface area contributed by atoms with Crippen LogP contribution >= 0.6 is 28.1 Å². The predicted molar refractivity (Wildman–Crippen MR) is 112 cm³/mol. The third kappa shape index (κ3) is 5.21. The van der Waals surface area contributed by atoms with Crippen LogP contribution in [0.15, 0.2) is 53.0 Å². The summed E-state index contributed by atoms with van der Waals surface area (Å²) in [5.41, 5.74) is 3.42. The number of anilines is 2. The van der Waals surface area contributed by atoms with Crippen LogP contribution in [0.2, 0.25) is 0 Å². The summed E-state index contributed by atoms with van der Waals surface area (Å²) in [4.78, 5) is 2.32. The second kappa shape index (κ2) is 9.04. The maximum atomic E-state index is 5.43. The average Bonchev–Trinajstić information content (AvgIpc) is 2.58. The number of rotatable bonds is 6. The number of nitrogens with zero attached hydrogens (tertiary/aromatic N) is 1. The molecular weight excluding hydrogens is 382 g/mol. The lowest BCUT2D eigenvalue weighted by atomic mass is 10.1. The van der Waals surface area contributed by atoms with Gasteiger partial charge in [-0.05, 0) is 75.0 Å². The topological polar surface area (TPSA) is 27.3 Å². The Morgan fingerprint density at radius 3 is 2.17 bits per heavy atom. The zero-order chi connectivity index (χ0) is 17.5. The van der Waals surface area contributed by atoms with Crippen molar-refractivity contribution in [2.24, 2.45) is 0 Å². The molecule has 0 fully saturated rings. The van der Waals surface area contributed by atoms with Crippen LogP contribution in [0.3, 0.4) is 0 Å². The summed E-state index contributed by atoms with van der Waals surface area (Å²) in [7, 11) is 0. The van der Waals surface area contributed by atoms with Crippen LogP contribution in [0.25, 0.3) is 0 Å². The molecule has 0 aliphatic carbocycles. The lowest BCUT2D eigenvalue weighted by molar-refractivity contribution is 0.722.